The number of hydrogen-bond acceptors (Lipinski definition) is 3. The smallest absolute Gasteiger partial charge is 0.119 e. The number of unbranched alkanes of at least 4 members (excludes halogenated alkanes) is 2. The molecule has 0 amide bonds. The Morgan fingerprint density at radius 1 is 0.756 bits per heavy atom. The number of aryl methyl sites for hydroxylation is 1. The third-order valence-electron chi connectivity index (χ3n) is 7.84. The van der Waals surface area contributed by atoms with E-state index in [1.165, 1.54) is 56.7 Å². The van der Waals surface area contributed by atoms with E-state index in [1.54, 1.807) is 0 Å². The molecule has 0 bridgehead atoms. The van der Waals surface area contributed by atoms with Crippen LogP contribution in [0, 0.1) is 0 Å². The van der Waals surface area contributed by atoms with Gasteiger partial charge in [-0.2, -0.15) is 0 Å². The lowest BCUT2D eigenvalue weighted by Crippen LogP contribution is -2.10. The standard InChI is InChI=1S/C38H42O2S/c1-38(2,3)31-17-22-34(23-18-31)41-26-9-5-8-25-40-33-20-15-29(16-21-33)37-35(28-11-6-4-7-12-28)14-10-13-30-27-32(39)19-24-36(30)37/h4,6-7,11-12,15-24,27,39H,5,8-10,13-14,25-26H2,1-3H3. The van der Waals surface area contributed by atoms with Gasteiger partial charge >= 0.3 is 0 Å². The molecule has 0 saturated carbocycles. The number of phenols is 1. The minimum absolute atomic E-state index is 0.206. The molecule has 0 aliphatic heterocycles. The summed E-state index contributed by atoms with van der Waals surface area (Å²) in [4.78, 5) is 1.35. The zero-order valence-corrected chi connectivity index (χ0v) is 25.5. The molecule has 4 aromatic rings. The van der Waals surface area contributed by atoms with Crippen LogP contribution in [0.5, 0.6) is 11.5 Å². The van der Waals surface area contributed by atoms with Gasteiger partial charge in [-0.15, -0.1) is 11.8 Å². The molecule has 4 aromatic carbocycles. The normalized spacial score (nSPS) is 13.5. The summed E-state index contributed by atoms with van der Waals surface area (Å²) in [5.74, 6) is 2.40. The second-order valence-electron chi connectivity index (χ2n) is 12.0. The molecule has 5 rings (SSSR count). The van der Waals surface area contributed by atoms with E-state index in [0.717, 1.165) is 43.8 Å². The number of fused-ring (bicyclic) bond motifs is 1. The Hall–Kier alpha value is -3.43. The summed E-state index contributed by atoms with van der Waals surface area (Å²) in [7, 11) is 0. The summed E-state index contributed by atoms with van der Waals surface area (Å²) < 4.78 is 6.12. The number of benzene rings is 4. The van der Waals surface area contributed by atoms with Gasteiger partial charge in [0.15, 0.2) is 0 Å². The molecule has 0 aromatic heterocycles. The zero-order chi connectivity index (χ0) is 28.7. The van der Waals surface area contributed by atoms with Gasteiger partial charge in [0.05, 0.1) is 6.61 Å². The number of ether oxygens (including phenoxy) is 1. The number of phenolic OH excluding ortho intramolecular Hbond substituents is 1. The first kappa shape index (κ1) is 29.1. The Labute approximate surface area is 250 Å². The molecule has 0 radical (unpaired) electrons. The number of aromatic hydroxyl groups is 1. The lowest BCUT2D eigenvalue weighted by molar-refractivity contribution is 0.306. The molecule has 0 saturated heterocycles. The molecule has 1 aliphatic rings. The number of allylic oxidation sites excluding steroid dienone is 1. The Bertz CT molecular complexity index is 1450. The van der Waals surface area contributed by atoms with E-state index < -0.39 is 0 Å². The topological polar surface area (TPSA) is 29.5 Å². The Kier molecular flexibility index (Phi) is 9.57. The van der Waals surface area contributed by atoms with Crippen LogP contribution in [0.3, 0.4) is 0 Å². The highest BCUT2D eigenvalue weighted by Gasteiger charge is 2.20. The van der Waals surface area contributed by atoms with Crippen molar-refractivity contribution in [3.05, 3.63) is 125 Å². The maximum Gasteiger partial charge on any atom is 0.119 e. The number of rotatable bonds is 10. The quantitative estimate of drug-likeness (QED) is 0.154. The van der Waals surface area contributed by atoms with Crippen LogP contribution in [0.4, 0.5) is 0 Å². The van der Waals surface area contributed by atoms with E-state index in [0.29, 0.717) is 5.75 Å². The second-order valence-corrected chi connectivity index (χ2v) is 13.1. The average Bonchev–Trinajstić information content (AvgIpc) is 3.16. The van der Waals surface area contributed by atoms with Gasteiger partial charge in [0.1, 0.15) is 11.5 Å². The van der Waals surface area contributed by atoms with Gasteiger partial charge in [-0.3, -0.25) is 0 Å². The minimum Gasteiger partial charge on any atom is -0.508 e. The Morgan fingerprint density at radius 3 is 2.24 bits per heavy atom. The minimum atomic E-state index is 0.206. The molecule has 1 aliphatic carbocycles. The van der Waals surface area contributed by atoms with E-state index in [2.05, 4.69) is 106 Å². The molecule has 2 nitrogen and oxygen atoms in total. The van der Waals surface area contributed by atoms with Gasteiger partial charge in [-0.25, -0.2) is 0 Å². The van der Waals surface area contributed by atoms with Crippen molar-refractivity contribution < 1.29 is 9.84 Å². The molecule has 1 N–H and O–H groups in total. The van der Waals surface area contributed by atoms with E-state index in [4.69, 9.17) is 4.74 Å². The van der Waals surface area contributed by atoms with Crippen LogP contribution in [0.25, 0.3) is 11.1 Å². The van der Waals surface area contributed by atoms with Crippen molar-refractivity contribution in [2.24, 2.45) is 0 Å². The zero-order valence-electron chi connectivity index (χ0n) is 24.7. The van der Waals surface area contributed by atoms with E-state index >= 15 is 0 Å². The maximum atomic E-state index is 10.2. The lowest BCUT2D eigenvalue weighted by Gasteiger charge is -2.19. The summed E-state index contributed by atoms with van der Waals surface area (Å²) >= 11 is 1.95. The average molecular weight is 563 g/mol. The first-order chi connectivity index (χ1) is 19.9. The second kappa shape index (κ2) is 13.5. The summed E-state index contributed by atoms with van der Waals surface area (Å²) in [6.45, 7) is 7.52. The monoisotopic (exact) mass is 562 g/mol. The van der Waals surface area contributed by atoms with Gasteiger partial charge in [0.25, 0.3) is 0 Å². The van der Waals surface area contributed by atoms with E-state index in [9.17, 15) is 5.11 Å². The number of hydrogen-bond donors (Lipinski definition) is 1. The van der Waals surface area contributed by atoms with Gasteiger partial charge in [0, 0.05) is 4.90 Å². The molecule has 41 heavy (non-hydrogen) atoms. The van der Waals surface area contributed by atoms with Gasteiger partial charge in [0.2, 0.25) is 0 Å². The van der Waals surface area contributed by atoms with Crippen LogP contribution in [0.2, 0.25) is 0 Å². The van der Waals surface area contributed by atoms with Gasteiger partial charge in [-0.05, 0) is 125 Å². The van der Waals surface area contributed by atoms with Crippen molar-refractivity contribution in [1.29, 1.82) is 0 Å². The Morgan fingerprint density at radius 2 is 1.51 bits per heavy atom. The highest BCUT2D eigenvalue weighted by molar-refractivity contribution is 7.99. The van der Waals surface area contributed by atoms with Gasteiger partial charge < -0.3 is 9.84 Å². The van der Waals surface area contributed by atoms with Crippen molar-refractivity contribution in [1.82, 2.24) is 0 Å². The number of thioether (sulfide) groups is 1. The molecule has 212 valence electrons. The van der Waals surface area contributed by atoms with E-state index in [1.807, 2.05) is 23.9 Å². The van der Waals surface area contributed by atoms with Crippen LogP contribution in [-0.2, 0) is 11.8 Å². The molecular weight excluding hydrogens is 520 g/mol. The lowest BCUT2D eigenvalue weighted by atomic mass is 9.87. The third kappa shape index (κ3) is 7.65. The van der Waals surface area contributed by atoms with Crippen LogP contribution in [0.15, 0.2) is 102 Å². The van der Waals surface area contributed by atoms with Crippen molar-refractivity contribution in [3.8, 4) is 11.5 Å². The fourth-order valence-corrected chi connectivity index (χ4v) is 6.47. The predicted octanol–water partition coefficient (Wildman–Crippen LogP) is 10.3. The molecule has 0 heterocycles. The first-order valence-corrected chi connectivity index (χ1v) is 15.9. The van der Waals surface area contributed by atoms with Gasteiger partial charge in [-0.1, -0.05) is 81.4 Å². The first-order valence-electron chi connectivity index (χ1n) is 15.0. The highest BCUT2D eigenvalue weighted by atomic mass is 32.2. The van der Waals surface area contributed by atoms with Crippen LogP contribution in [0.1, 0.15) is 80.7 Å². The summed E-state index contributed by atoms with van der Waals surface area (Å²) in [5.41, 5.74) is 9.12. The maximum absolute atomic E-state index is 10.2. The molecule has 0 unspecified atom stereocenters. The van der Waals surface area contributed by atoms with Crippen molar-refractivity contribution in [3.63, 3.8) is 0 Å². The van der Waals surface area contributed by atoms with Crippen LogP contribution < -0.4 is 4.74 Å². The summed E-state index contributed by atoms with van der Waals surface area (Å²) in [6.07, 6.45) is 6.46. The van der Waals surface area contributed by atoms with E-state index in [-0.39, 0.29) is 5.41 Å². The molecule has 0 fully saturated rings. The summed E-state index contributed by atoms with van der Waals surface area (Å²) in [5, 5.41) is 10.2. The van der Waals surface area contributed by atoms with Crippen LogP contribution >= 0.6 is 11.8 Å². The molecular formula is C38H42O2S. The Balaban J connectivity index is 1.17. The van der Waals surface area contributed by atoms with Crippen molar-refractivity contribution in [2.45, 2.75) is 69.6 Å². The molecule has 0 atom stereocenters. The largest absolute Gasteiger partial charge is 0.508 e. The SMILES string of the molecule is CC(C)(C)c1ccc(SCCCCCOc2ccc(C3=C(c4ccccc4)CCCc4cc(O)ccc43)cc2)cc1. The van der Waals surface area contributed by atoms with Crippen molar-refractivity contribution >= 4 is 22.9 Å². The molecule has 3 heteroatoms. The fourth-order valence-electron chi connectivity index (χ4n) is 5.56. The third-order valence-corrected chi connectivity index (χ3v) is 8.94. The summed E-state index contributed by atoms with van der Waals surface area (Å²) in [6, 6.07) is 34.2. The highest BCUT2D eigenvalue weighted by Crippen LogP contribution is 2.41. The predicted molar refractivity (Wildman–Crippen MR) is 175 cm³/mol. The molecule has 0 spiro atoms. The van der Waals surface area contributed by atoms with Crippen molar-refractivity contribution in [2.75, 3.05) is 12.4 Å². The van der Waals surface area contributed by atoms with Crippen LogP contribution in [-0.4, -0.2) is 17.5 Å². The fraction of sp³-hybridized carbons (Fsp3) is 0.316.